The molecule has 0 aliphatic carbocycles. The number of Topliss-reactive ketones (excluding diaryl/α,β-unsaturated/α-hetero) is 1. The van der Waals surface area contributed by atoms with Crippen molar-refractivity contribution < 1.29 is 13.6 Å². The first-order chi connectivity index (χ1) is 7.59. The second-order valence-corrected chi connectivity index (χ2v) is 4.20. The molecule has 1 atom stereocenters. The largest absolute Gasteiger partial charge is 0.316 e. The molecule has 1 saturated heterocycles. The van der Waals surface area contributed by atoms with E-state index < -0.39 is 11.6 Å². The summed E-state index contributed by atoms with van der Waals surface area (Å²) >= 11 is 0. The van der Waals surface area contributed by atoms with Crippen molar-refractivity contribution in [3.8, 4) is 0 Å². The SMILES string of the molecule is CC(C(=O)c1ccc(F)cc1F)C1CNC1. The zero-order valence-electron chi connectivity index (χ0n) is 8.97. The van der Waals surface area contributed by atoms with Crippen LogP contribution in [0.15, 0.2) is 18.2 Å². The molecule has 0 saturated carbocycles. The second-order valence-electron chi connectivity index (χ2n) is 4.20. The highest BCUT2D eigenvalue weighted by Gasteiger charge is 2.30. The third kappa shape index (κ3) is 1.97. The van der Waals surface area contributed by atoms with Crippen molar-refractivity contribution in [2.24, 2.45) is 11.8 Å². The monoisotopic (exact) mass is 225 g/mol. The molecule has 0 aromatic heterocycles. The fraction of sp³-hybridized carbons (Fsp3) is 0.417. The predicted molar refractivity (Wildman–Crippen MR) is 56.2 cm³/mol. The summed E-state index contributed by atoms with van der Waals surface area (Å²) in [6.45, 7) is 3.36. The Bertz CT molecular complexity index is 415. The van der Waals surface area contributed by atoms with Crippen molar-refractivity contribution in [3.63, 3.8) is 0 Å². The molecule has 16 heavy (non-hydrogen) atoms. The van der Waals surface area contributed by atoms with Crippen molar-refractivity contribution in [2.45, 2.75) is 6.92 Å². The molecule has 0 spiro atoms. The minimum absolute atomic E-state index is 0.0131. The quantitative estimate of drug-likeness (QED) is 0.797. The minimum atomic E-state index is -0.774. The number of carbonyl (C=O) groups excluding carboxylic acids is 1. The highest BCUT2D eigenvalue weighted by Crippen LogP contribution is 2.22. The third-order valence-electron chi connectivity index (χ3n) is 3.13. The van der Waals surface area contributed by atoms with E-state index in [9.17, 15) is 13.6 Å². The van der Waals surface area contributed by atoms with E-state index >= 15 is 0 Å². The van der Waals surface area contributed by atoms with Crippen molar-refractivity contribution >= 4 is 5.78 Å². The van der Waals surface area contributed by atoms with Crippen LogP contribution in [0.5, 0.6) is 0 Å². The number of carbonyl (C=O) groups is 1. The molecule has 1 aliphatic heterocycles. The molecule has 1 aliphatic rings. The van der Waals surface area contributed by atoms with Crippen molar-refractivity contribution in [1.29, 1.82) is 0 Å². The van der Waals surface area contributed by atoms with Gasteiger partial charge in [-0.3, -0.25) is 4.79 Å². The van der Waals surface area contributed by atoms with Gasteiger partial charge >= 0.3 is 0 Å². The summed E-state index contributed by atoms with van der Waals surface area (Å²) in [7, 11) is 0. The first-order valence-electron chi connectivity index (χ1n) is 5.29. The van der Waals surface area contributed by atoms with Gasteiger partial charge in [-0.25, -0.2) is 8.78 Å². The second kappa shape index (κ2) is 4.29. The zero-order valence-corrected chi connectivity index (χ0v) is 8.97. The summed E-state index contributed by atoms with van der Waals surface area (Å²) in [5.74, 6) is -1.64. The highest BCUT2D eigenvalue weighted by molar-refractivity contribution is 5.98. The van der Waals surface area contributed by atoms with Crippen molar-refractivity contribution in [2.75, 3.05) is 13.1 Å². The molecule has 1 fully saturated rings. The van der Waals surface area contributed by atoms with Crippen LogP contribution in [-0.2, 0) is 0 Å². The van der Waals surface area contributed by atoms with E-state index in [0.29, 0.717) is 0 Å². The number of benzene rings is 1. The van der Waals surface area contributed by atoms with Crippen LogP contribution in [0.3, 0.4) is 0 Å². The maximum absolute atomic E-state index is 13.4. The first kappa shape index (κ1) is 11.2. The van der Waals surface area contributed by atoms with Crippen LogP contribution in [0.2, 0.25) is 0 Å². The lowest BCUT2D eigenvalue weighted by atomic mass is 9.83. The molecule has 2 nitrogen and oxygen atoms in total. The summed E-state index contributed by atoms with van der Waals surface area (Å²) in [4.78, 5) is 11.9. The Hall–Kier alpha value is -1.29. The Morgan fingerprint density at radius 1 is 1.44 bits per heavy atom. The fourth-order valence-corrected chi connectivity index (χ4v) is 1.81. The van der Waals surface area contributed by atoms with E-state index in [2.05, 4.69) is 5.32 Å². The predicted octanol–water partition coefficient (Wildman–Crippen LogP) is 2.00. The van der Waals surface area contributed by atoms with Crippen LogP contribution >= 0.6 is 0 Å². The van der Waals surface area contributed by atoms with Gasteiger partial charge in [0, 0.05) is 12.0 Å². The normalized spacial score (nSPS) is 17.9. The summed E-state index contributed by atoms with van der Waals surface area (Å²) in [6, 6.07) is 3.08. The number of rotatable bonds is 3. The Morgan fingerprint density at radius 2 is 2.12 bits per heavy atom. The Morgan fingerprint density at radius 3 is 2.62 bits per heavy atom. The number of halogens is 2. The van der Waals surface area contributed by atoms with E-state index in [1.54, 1.807) is 6.92 Å². The number of hydrogen-bond acceptors (Lipinski definition) is 2. The van der Waals surface area contributed by atoms with Gasteiger partial charge in [0.05, 0.1) is 5.56 Å². The van der Waals surface area contributed by atoms with Crippen molar-refractivity contribution in [3.05, 3.63) is 35.4 Å². The Labute approximate surface area is 92.7 Å². The molecule has 1 heterocycles. The lowest BCUT2D eigenvalue weighted by Crippen LogP contribution is -2.47. The molecule has 1 unspecified atom stereocenters. The summed E-state index contributed by atoms with van der Waals surface area (Å²) in [5.41, 5.74) is -0.0131. The summed E-state index contributed by atoms with van der Waals surface area (Å²) in [5, 5.41) is 3.07. The lowest BCUT2D eigenvalue weighted by Gasteiger charge is -2.31. The summed E-state index contributed by atoms with van der Waals surface area (Å²) in [6.07, 6.45) is 0. The number of ketones is 1. The van der Waals surface area contributed by atoms with Gasteiger partial charge in [-0.2, -0.15) is 0 Å². The maximum atomic E-state index is 13.4. The van der Waals surface area contributed by atoms with E-state index in [4.69, 9.17) is 0 Å². The molecular weight excluding hydrogens is 212 g/mol. The van der Waals surface area contributed by atoms with Gasteiger partial charge in [0.2, 0.25) is 0 Å². The molecule has 1 N–H and O–H groups in total. The van der Waals surface area contributed by atoms with Gasteiger partial charge in [-0.1, -0.05) is 6.92 Å². The van der Waals surface area contributed by atoms with E-state index in [-0.39, 0.29) is 23.2 Å². The lowest BCUT2D eigenvalue weighted by molar-refractivity contribution is 0.0849. The summed E-state index contributed by atoms with van der Waals surface area (Å²) < 4.78 is 26.1. The molecular formula is C12H13F2NO. The molecule has 0 bridgehead atoms. The maximum Gasteiger partial charge on any atom is 0.168 e. The van der Waals surface area contributed by atoms with E-state index in [1.165, 1.54) is 6.07 Å². The Balaban J connectivity index is 2.19. The van der Waals surface area contributed by atoms with Crippen LogP contribution < -0.4 is 5.32 Å². The van der Waals surface area contributed by atoms with Crippen LogP contribution in [0.4, 0.5) is 8.78 Å². The first-order valence-corrected chi connectivity index (χ1v) is 5.29. The van der Waals surface area contributed by atoms with E-state index in [0.717, 1.165) is 25.2 Å². The Kier molecular flexibility index (Phi) is 3.01. The van der Waals surface area contributed by atoms with Gasteiger partial charge in [0.15, 0.2) is 5.78 Å². The molecule has 0 radical (unpaired) electrons. The van der Waals surface area contributed by atoms with Gasteiger partial charge in [0.1, 0.15) is 11.6 Å². The molecule has 86 valence electrons. The van der Waals surface area contributed by atoms with Gasteiger partial charge in [0.25, 0.3) is 0 Å². The standard InChI is InChI=1S/C12H13F2NO/c1-7(8-5-15-6-8)12(16)10-3-2-9(13)4-11(10)14/h2-4,7-8,15H,5-6H2,1H3. The van der Waals surface area contributed by atoms with Gasteiger partial charge in [-0.15, -0.1) is 0 Å². The molecule has 0 amide bonds. The average molecular weight is 225 g/mol. The molecule has 1 aromatic rings. The average Bonchev–Trinajstić information content (AvgIpc) is 2.14. The van der Waals surface area contributed by atoms with Crippen LogP contribution in [-0.4, -0.2) is 18.9 Å². The van der Waals surface area contributed by atoms with Crippen LogP contribution in [0, 0.1) is 23.5 Å². The zero-order chi connectivity index (χ0) is 11.7. The van der Waals surface area contributed by atoms with E-state index in [1.807, 2.05) is 0 Å². The van der Waals surface area contributed by atoms with Gasteiger partial charge in [-0.05, 0) is 31.1 Å². The van der Waals surface area contributed by atoms with Crippen LogP contribution in [0.1, 0.15) is 17.3 Å². The molecule has 4 heteroatoms. The topological polar surface area (TPSA) is 29.1 Å². The smallest absolute Gasteiger partial charge is 0.168 e. The fourth-order valence-electron chi connectivity index (χ4n) is 1.81. The highest BCUT2D eigenvalue weighted by atomic mass is 19.1. The van der Waals surface area contributed by atoms with Crippen LogP contribution in [0.25, 0.3) is 0 Å². The third-order valence-corrected chi connectivity index (χ3v) is 3.13. The molecule has 2 rings (SSSR count). The number of hydrogen-bond donors (Lipinski definition) is 1. The number of nitrogens with one attached hydrogen (secondary N) is 1. The van der Waals surface area contributed by atoms with Gasteiger partial charge < -0.3 is 5.32 Å². The molecule has 1 aromatic carbocycles. The van der Waals surface area contributed by atoms with Crippen molar-refractivity contribution in [1.82, 2.24) is 5.32 Å². The minimum Gasteiger partial charge on any atom is -0.316 e.